The summed E-state index contributed by atoms with van der Waals surface area (Å²) < 4.78 is 5.68. The van der Waals surface area contributed by atoms with E-state index >= 15 is 0 Å². The van der Waals surface area contributed by atoms with E-state index < -0.39 is 0 Å². The molecule has 0 aliphatic rings. The maximum absolute atomic E-state index is 6.16. The van der Waals surface area contributed by atoms with Crippen LogP contribution in [0, 0.1) is 0 Å². The molecule has 92 valence electrons. The van der Waals surface area contributed by atoms with Crippen molar-refractivity contribution in [3.8, 4) is 0 Å². The minimum absolute atomic E-state index is 0.0290. The maximum Gasteiger partial charge on any atom is 0.121 e. The van der Waals surface area contributed by atoms with Crippen LogP contribution in [0.1, 0.15) is 41.2 Å². The van der Waals surface area contributed by atoms with Gasteiger partial charge in [0.25, 0.3) is 0 Å². The Morgan fingerprint density at radius 2 is 1.88 bits per heavy atom. The lowest BCUT2D eigenvalue weighted by Gasteiger charge is -2.06. The molecule has 0 aliphatic carbocycles. The van der Waals surface area contributed by atoms with Crippen molar-refractivity contribution in [2.75, 3.05) is 0 Å². The summed E-state index contributed by atoms with van der Waals surface area (Å²) in [5.41, 5.74) is 6.16. The van der Waals surface area contributed by atoms with Gasteiger partial charge in [0.15, 0.2) is 0 Å². The molecule has 0 fully saturated rings. The molecule has 0 saturated heterocycles. The third kappa shape index (κ3) is 2.99. The summed E-state index contributed by atoms with van der Waals surface area (Å²) in [6.45, 7) is 4.26. The SMILES string of the molecule is CCc1ccc(C(N)Cc2ccc(CC)s2)o1. The van der Waals surface area contributed by atoms with Crippen LogP contribution < -0.4 is 5.73 Å². The van der Waals surface area contributed by atoms with Crippen LogP contribution in [0.3, 0.4) is 0 Å². The number of hydrogen-bond donors (Lipinski definition) is 1. The molecule has 0 bridgehead atoms. The Morgan fingerprint density at radius 1 is 1.12 bits per heavy atom. The summed E-state index contributed by atoms with van der Waals surface area (Å²) in [4.78, 5) is 2.75. The van der Waals surface area contributed by atoms with Gasteiger partial charge in [0.1, 0.15) is 11.5 Å². The molecule has 2 nitrogen and oxygen atoms in total. The van der Waals surface area contributed by atoms with Crippen molar-refractivity contribution < 1.29 is 4.42 Å². The molecule has 3 heteroatoms. The Hall–Kier alpha value is -1.06. The van der Waals surface area contributed by atoms with Crippen molar-refractivity contribution in [3.05, 3.63) is 45.5 Å². The van der Waals surface area contributed by atoms with E-state index in [4.69, 9.17) is 10.2 Å². The molecule has 0 aromatic carbocycles. The molecule has 1 unspecified atom stereocenters. The topological polar surface area (TPSA) is 39.2 Å². The average molecular weight is 249 g/mol. The lowest BCUT2D eigenvalue weighted by Crippen LogP contribution is -2.11. The van der Waals surface area contributed by atoms with Gasteiger partial charge in [0, 0.05) is 22.6 Å². The largest absolute Gasteiger partial charge is 0.464 e. The Morgan fingerprint density at radius 3 is 2.47 bits per heavy atom. The molecule has 0 spiro atoms. The molecule has 1 atom stereocenters. The summed E-state index contributed by atoms with van der Waals surface area (Å²) in [6.07, 6.45) is 2.88. The molecule has 0 aliphatic heterocycles. The first kappa shape index (κ1) is 12.4. The molecule has 17 heavy (non-hydrogen) atoms. The number of aryl methyl sites for hydroxylation is 2. The lowest BCUT2D eigenvalue weighted by atomic mass is 10.1. The van der Waals surface area contributed by atoms with Crippen LogP contribution in [0.25, 0.3) is 0 Å². The second kappa shape index (κ2) is 5.52. The first-order valence-corrected chi connectivity index (χ1v) is 6.96. The molecular weight excluding hydrogens is 230 g/mol. The van der Waals surface area contributed by atoms with E-state index in [0.717, 1.165) is 30.8 Å². The molecule has 2 rings (SSSR count). The first-order valence-electron chi connectivity index (χ1n) is 6.14. The molecular formula is C14H19NOS. The van der Waals surface area contributed by atoms with Crippen molar-refractivity contribution in [2.45, 2.75) is 39.2 Å². The number of hydrogen-bond acceptors (Lipinski definition) is 3. The molecule has 0 amide bonds. The van der Waals surface area contributed by atoms with Gasteiger partial charge in [0.2, 0.25) is 0 Å². The van der Waals surface area contributed by atoms with Crippen LogP contribution in [-0.2, 0) is 19.3 Å². The molecule has 2 N–H and O–H groups in total. The highest BCUT2D eigenvalue weighted by atomic mass is 32.1. The van der Waals surface area contributed by atoms with E-state index in [2.05, 4.69) is 26.0 Å². The molecule has 0 saturated carbocycles. The van der Waals surface area contributed by atoms with Crippen LogP contribution >= 0.6 is 11.3 Å². The molecule has 0 radical (unpaired) electrons. The summed E-state index contributed by atoms with van der Waals surface area (Å²) in [6, 6.07) is 8.34. The van der Waals surface area contributed by atoms with Crippen LogP contribution in [0.15, 0.2) is 28.7 Å². The molecule has 2 heterocycles. The first-order chi connectivity index (χ1) is 8.22. The van der Waals surface area contributed by atoms with E-state index in [1.807, 2.05) is 23.5 Å². The second-order valence-corrected chi connectivity index (χ2v) is 5.44. The normalized spacial score (nSPS) is 12.9. The fourth-order valence-corrected chi connectivity index (χ4v) is 2.84. The summed E-state index contributed by atoms with van der Waals surface area (Å²) >= 11 is 1.85. The Kier molecular flexibility index (Phi) is 4.02. The third-order valence-corrected chi connectivity index (χ3v) is 4.14. The standard InChI is InChI=1S/C14H19NOS/c1-3-10-5-8-14(16-10)13(15)9-12-7-6-11(4-2)17-12/h5-8,13H,3-4,9,15H2,1-2H3. The number of rotatable bonds is 5. The fraction of sp³-hybridized carbons (Fsp3) is 0.429. The average Bonchev–Trinajstić information content (AvgIpc) is 2.96. The smallest absolute Gasteiger partial charge is 0.121 e. The number of nitrogens with two attached hydrogens (primary N) is 1. The number of thiophene rings is 1. The van der Waals surface area contributed by atoms with Gasteiger partial charge in [-0.05, 0) is 30.7 Å². The predicted octanol–water partition coefficient (Wildman–Crippen LogP) is 3.71. The van der Waals surface area contributed by atoms with Crippen molar-refractivity contribution in [1.82, 2.24) is 0 Å². The van der Waals surface area contributed by atoms with Crippen LogP contribution in [0.2, 0.25) is 0 Å². The zero-order valence-corrected chi connectivity index (χ0v) is 11.2. The minimum Gasteiger partial charge on any atom is -0.464 e. The Labute approximate surface area is 106 Å². The Balaban J connectivity index is 2.02. The van der Waals surface area contributed by atoms with Gasteiger partial charge in [-0.2, -0.15) is 0 Å². The van der Waals surface area contributed by atoms with E-state index in [1.54, 1.807) is 0 Å². The zero-order chi connectivity index (χ0) is 12.3. The monoisotopic (exact) mass is 249 g/mol. The van der Waals surface area contributed by atoms with Crippen LogP contribution in [-0.4, -0.2) is 0 Å². The third-order valence-electron chi connectivity index (χ3n) is 2.88. The van der Waals surface area contributed by atoms with Gasteiger partial charge < -0.3 is 10.2 Å². The van der Waals surface area contributed by atoms with Gasteiger partial charge in [-0.3, -0.25) is 0 Å². The molecule has 2 aromatic rings. The summed E-state index contributed by atoms with van der Waals surface area (Å²) in [5.74, 6) is 1.91. The molecule has 2 aromatic heterocycles. The second-order valence-electron chi connectivity index (χ2n) is 4.19. The maximum atomic E-state index is 6.16. The van der Waals surface area contributed by atoms with Gasteiger partial charge in [-0.1, -0.05) is 13.8 Å². The zero-order valence-electron chi connectivity index (χ0n) is 10.4. The number of furan rings is 1. The quantitative estimate of drug-likeness (QED) is 0.877. The van der Waals surface area contributed by atoms with Crippen molar-refractivity contribution in [1.29, 1.82) is 0 Å². The predicted molar refractivity (Wildman–Crippen MR) is 72.4 cm³/mol. The van der Waals surface area contributed by atoms with Gasteiger partial charge in [-0.25, -0.2) is 0 Å². The van der Waals surface area contributed by atoms with E-state index in [1.165, 1.54) is 9.75 Å². The van der Waals surface area contributed by atoms with Gasteiger partial charge in [-0.15, -0.1) is 11.3 Å². The van der Waals surface area contributed by atoms with E-state index in [9.17, 15) is 0 Å². The highest BCUT2D eigenvalue weighted by molar-refractivity contribution is 7.11. The minimum atomic E-state index is -0.0290. The van der Waals surface area contributed by atoms with Crippen LogP contribution in [0.5, 0.6) is 0 Å². The van der Waals surface area contributed by atoms with Crippen molar-refractivity contribution in [3.63, 3.8) is 0 Å². The summed E-state index contributed by atoms with van der Waals surface area (Å²) in [7, 11) is 0. The highest BCUT2D eigenvalue weighted by Crippen LogP contribution is 2.24. The van der Waals surface area contributed by atoms with E-state index in [0.29, 0.717) is 0 Å². The van der Waals surface area contributed by atoms with Gasteiger partial charge in [0.05, 0.1) is 6.04 Å². The van der Waals surface area contributed by atoms with E-state index in [-0.39, 0.29) is 6.04 Å². The summed E-state index contributed by atoms with van der Waals surface area (Å²) in [5, 5.41) is 0. The van der Waals surface area contributed by atoms with Crippen molar-refractivity contribution in [2.24, 2.45) is 5.73 Å². The Bertz CT molecular complexity index is 472. The van der Waals surface area contributed by atoms with Gasteiger partial charge >= 0.3 is 0 Å². The highest BCUT2D eigenvalue weighted by Gasteiger charge is 2.12. The van der Waals surface area contributed by atoms with Crippen molar-refractivity contribution >= 4 is 11.3 Å². The lowest BCUT2D eigenvalue weighted by molar-refractivity contribution is 0.435. The fourth-order valence-electron chi connectivity index (χ4n) is 1.82. The van der Waals surface area contributed by atoms with Crippen LogP contribution in [0.4, 0.5) is 0 Å².